The molecule has 8 heteroatoms. The molecular formula is C24H21ClN2O5. The maximum atomic E-state index is 13.1. The molecule has 32 heavy (non-hydrogen) atoms. The number of aliphatic hydroxyl groups excluding tert-OH is 1. The fourth-order valence-corrected chi connectivity index (χ4v) is 3.74. The Hall–Kier alpha value is -3.58. The molecule has 7 nitrogen and oxygen atoms in total. The zero-order chi connectivity index (χ0) is 23.0. The second-order valence-electron chi connectivity index (χ2n) is 7.71. The molecule has 0 unspecified atom stereocenters. The molecule has 0 spiro atoms. The molecule has 1 aliphatic heterocycles. The van der Waals surface area contributed by atoms with Crippen LogP contribution in [0.4, 0.5) is 5.82 Å². The van der Waals surface area contributed by atoms with Crippen molar-refractivity contribution in [3.8, 4) is 5.75 Å². The highest BCUT2D eigenvalue weighted by Crippen LogP contribution is 2.42. The van der Waals surface area contributed by atoms with E-state index in [1.807, 2.05) is 13.8 Å². The SMILES string of the molecule is Cc1cc(N2C(=O)C(=O)/C(=C(/O)c3ccc(OC(C)C)cc3)[C@H]2c2ccc(Cl)cc2)no1. The number of halogens is 1. The highest BCUT2D eigenvalue weighted by molar-refractivity contribution is 6.51. The van der Waals surface area contributed by atoms with Gasteiger partial charge in [-0.1, -0.05) is 28.9 Å². The Morgan fingerprint density at radius 2 is 1.78 bits per heavy atom. The van der Waals surface area contributed by atoms with Gasteiger partial charge in [-0.25, -0.2) is 0 Å². The average Bonchev–Trinajstić information content (AvgIpc) is 3.29. The number of anilines is 1. The van der Waals surface area contributed by atoms with Gasteiger partial charge in [0.2, 0.25) is 0 Å². The monoisotopic (exact) mass is 452 g/mol. The van der Waals surface area contributed by atoms with Crippen LogP contribution < -0.4 is 9.64 Å². The lowest BCUT2D eigenvalue weighted by molar-refractivity contribution is -0.132. The van der Waals surface area contributed by atoms with E-state index in [-0.39, 0.29) is 23.3 Å². The number of Topliss-reactive ketones (excluding diaryl/α,β-unsaturated/α-hetero) is 1. The van der Waals surface area contributed by atoms with Crippen LogP contribution in [0.5, 0.6) is 5.75 Å². The standard InChI is InChI=1S/C24H21ClN2O5/c1-13(2)31-18-10-6-16(7-11-18)22(28)20-21(15-4-8-17(25)9-5-15)27(24(30)23(20)29)19-12-14(3)32-26-19/h4-13,21,28H,1-3H3/b22-20+/t21-/m1/s1. The van der Waals surface area contributed by atoms with Crippen LogP contribution >= 0.6 is 11.6 Å². The summed E-state index contributed by atoms with van der Waals surface area (Å²) in [6.45, 7) is 5.51. The Kier molecular flexibility index (Phi) is 5.76. The fraction of sp³-hybridized carbons (Fsp3) is 0.208. The molecule has 1 aromatic heterocycles. The van der Waals surface area contributed by atoms with Gasteiger partial charge in [0.1, 0.15) is 17.3 Å². The van der Waals surface area contributed by atoms with Crippen LogP contribution in [-0.4, -0.2) is 28.1 Å². The lowest BCUT2D eigenvalue weighted by atomic mass is 9.95. The number of carbonyl (C=O) groups is 2. The topological polar surface area (TPSA) is 92.9 Å². The number of aliphatic hydroxyl groups is 1. The predicted molar refractivity (Wildman–Crippen MR) is 120 cm³/mol. The van der Waals surface area contributed by atoms with Gasteiger partial charge in [-0.15, -0.1) is 0 Å². The minimum atomic E-state index is -0.900. The summed E-state index contributed by atoms with van der Waals surface area (Å²) in [5, 5.41) is 15.5. The highest BCUT2D eigenvalue weighted by Gasteiger charge is 2.48. The molecule has 2 aromatic carbocycles. The lowest BCUT2D eigenvalue weighted by Gasteiger charge is -2.23. The first-order chi connectivity index (χ1) is 15.3. The summed E-state index contributed by atoms with van der Waals surface area (Å²) in [5.41, 5.74) is 0.931. The predicted octanol–water partition coefficient (Wildman–Crippen LogP) is 5.05. The summed E-state index contributed by atoms with van der Waals surface area (Å²) in [4.78, 5) is 27.3. The fourth-order valence-electron chi connectivity index (χ4n) is 3.62. The number of rotatable bonds is 5. The number of amides is 1. The number of hydrogen-bond donors (Lipinski definition) is 1. The summed E-state index contributed by atoms with van der Waals surface area (Å²) in [6.07, 6.45) is -0.00408. The molecule has 1 amide bonds. The van der Waals surface area contributed by atoms with Crippen molar-refractivity contribution in [3.05, 3.63) is 82.1 Å². The molecule has 0 saturated carbocycles. The molecule has 0 bridgehead atoms. The maximum Gasteiger partial charge on any atom is 0.301 e. The van der Waals surface area contributed by atoms with Crippen molar-refractivity contribution in [1.29, 1.82) is 0 Å². The van der Waals surface area contributed by atoms with Crippen molar-refractivity contribution in [3.63, 3.8) is 0 Å². The van der Waals surface area contributed by atoms with Gasteiger partial charge in [0.05, 0.1) is 17.7 Å². The van der Waals surface area contributed by atoms with Crippen LogP contribution in [0, 0.1) is 6.92 Å². The van der Waals surface area contributed by atoms with Gasteiger partial charge < -0.3 is 14.4 Å². The smallest absolute Gasteiger partial charge is 0.301 e. The quantitative estimate of drug-likeness (QED) is 0.331. The number of ketones is 1. The molecule has 3 aromatic rings. The third kappa shape index (κ3) is 3.99. The van der Waals surface area contributed by atoms with E-state index in [0.717, 1.165) is 0 Å². The number of aromatic nitrogens is 1. The normalized spacial score (nSPS) is 17.9. The van der Waals surface area contributed by atoms with Gasteiger partial charge in [-0.05, 0) is 62.7 Å². The molecule has 164 valence electrons. The summed E-state index contributed by atoms with van der Waals surface area (Å²) in [5.74, 6) is -0.613. The molecule has 1 saturated heterocycles. The first-order valence-corrected chi connectivity index (χ1v) is 10.4. The summed E-state index contributed by atoms with van der Waals surface area (Å²) < 4.78 is 10.8. The molecule has 1 N–H and O–H groups in total. The minimum absolute atomic E-state index is 0.00408. The minimum Gasteiger partial charge on any atom is -0.507 e. The van der Waals surface area contributed by atoms with Crippen molar-refractivity contribution in [2.45, 2.75) is 32.9 Å². The number of aryl methyl sites for hydroxylation is 1. The molecule has 1 aliphatic rings. The first kappa shape index (κ1) is 21.6. The lowest BCUT2D eigenvalue weighted by Crippen LogP contribution is -2.29. The molecule has 4 rings (SSSR count). The first-order valence-electron chi connectivity index (χ1n) is 10.0. The van der Waals surface area contributed by atoms with Gasteiger partial charge in [0.25, 0.3) is 5.78 Å². The third-order valence-electron chi connectivity index (χ3n) is 4.99. The van der Waals surface area contributed by atoms with Crippen molar-refractivity contribution >= 4 is 34.9 Å². The second kappa shape index (κ2) is 8.51. The highest BCUT2D eigenvalue weighted by atomic mass is 35.5. The van der Waals surface area contributed by atoms with Crippen LogP contribution in [0.1, 0.15) is 36.8 Å². The molecule has 1 fully saturated rings. The van der Waals surface area contributed by atoms with E-state index in [2.05, 4.69) is 5.16 Å². The van der Waals surface area contributed by atoms with E-state index in [0.29, 0.717) is 27.7 Å². The van der Waals surface area contributed by atoms with Gasteiger partial charge in [0.15, 0.2) is 5.82 Å². The van der Waals surface area contributed by atoms with Gasteiger partial charge in [0, 0.05) is 16.7 Å². The zero-order valence-electron chi connectivity index (χ0n) is 17.7. The number of ether oxygens (including phenoxy) is 1. The van der Waals surface area contributed by atoms with Gasteiger partial charge >= 0.3 is 5.91 Å². The van der Waals surface area contributed by atoms with E-state index in [4.69, 9.17) is 20.9 Å². The number of benzene rings is 2. The van der Waals surface area contributed by atoms with E-state index in [1.54, 1.807) is 61.5 Å². The Bertz CT molecular complexity index is 1200. The second-order valence-corrected chi connectivity index (χ2v) is 8.14. The molecular weight excluding hydrogens is 432 g/mol. The van der Waals surface area contributed by atoms with Crippen LogP contribution in [0.15, 0.2) is 64.7 Å². The molecule has 2 heterocycles. The zero-order valence-corrected chi connectivity index (χ0v) is 18.5. The van der Waals surface area contributed by atoms with Crippen LogP contribution in [-0.2, 0) is 9.59 Å². The Balaban J connectivity index is 1.85. The Morgan fingerprint density at radius 3 is 2.34 bits per heavy atom. The Morgan fingerprint density at radius 1 is 1.12 bits per heavy atom. The maximum absolute atomic E-state index is 13.1. The van der Waals surface area contributed by atoms with Crippen molar-refractivity contribution < 1.29 is 24.0 Å². The number of hydrogen-bond acceptors (Lipinski definition) is 6. The van der Waals surface area contributed by atoms with Crippen molar-refractivity contribution in [2.75, 3.05) is 4.90 Å². The largest absolute Gasteiger partial charge is 0.507 e. The van der Waals surface area contributed by atoms with E-state index in [1.165, 1.54) is 4.90 Å². The Labute approximate surface area is 189 Å². The molecule has 0 aliphatic carbocycles. The number of nitrogens with zero attached hydrogens (tertiary/aromatic N) is 2. The summed E-state index contributed by atoms with van der Waals surface area (Å²) >= 11 is 6.03. The summed E-state index contributed by atoms with van der Waals surface area (Å²) in [7, 11) is 0. The van der Waals surface area contributed by atoms with E-state index < -0.39 is 17.7 Å². The van der Waals surface area contributed by atoms with Crippen LogP contribution in [0.25, 0.3) is 5.76 Å². The van der Waals surface area contributed by atoms with E-state index in [9.17, 15) is 14.7 Å². The molecule has 0 radical (unpaired) electrons. The van der Waals surface area contributed by atoms with E-state index >= 15 is 0 Å². The number of carbonyl (C=O) groups excluding carboxylic acids is 2. The van der Waals surface area contributed by atoms with Gasteiger partial charge in [-0.3, -0.25) is 14.5 Å². The van der Waals surface area contributed by atoms with Crippen LogP contribution in [0.3, 0.4) is 0 Å². The van der Waals surface area contributed by atoms with Crippen molar-refractivity contribution in [2.24, 2.45) is 0 Å². The van der Waals surface area contributed by atoms with Gasteiger partial charge in [-0.2, -0.15) is 0 Å². The summed E-state index contributed by atoms with van der Waals surface area (Å²) in [6, 6.07) is 14.0. The average molecular weight is 453 g/mol. The van der Waals surface area contributed by atoms with Crippen molar-refractivity contribution in [1.82, 2.24) is 5.16 Å². The molecule has 1 atom stereocenters. The third-order valence-corrected chi connectivity index (χ3v) is 5.24. The van der Waals surface area contributed by atoms with Crippen LogP contribution in [0.2, 0.25) is 5.02 Å².